The van der Waals surface area contributed by atoms with E-state index in [1.165, 1.54) is 0 Å². The van der Waals surface area contributed by atoms with E-state index in [-0.39, 0.29) is 24.2 Å². The molecule has 2 amide bonds. The van der Waals surface area contributed by atoms with E-state index in [0.29, 0.717) is 12.8 Å². The predicted molar refractivity (Wildman–Crippen MR) is 86.4 cm³/mol. The summed E-state index contributed by atoms with van der Waals surface area (Å²) in [6.07, 6.45) is 5.31. The number of hydrogen-bond donors (Lipinski definition) is 3. The highest BCUT2D eigenvalue weighted by Crippen LogP contribution is 2.48. The molecule has 3 N–H and O–H groups in total. The van der Waals surface area contributed by atoms with Gasteiger partial charge in [-0.3, -0.25) is 25.2 Å². The highest BCUT2D eigenvalue weighted by molar-refractivity contribution is 5.88. The van der Waals surface area contributed by atoms with Crippen LogP contribution in [0.15, 0.2) is 42.5 Å². The third kappa shape index (κ3) is 3.32. The summed E-state index contributed by atoms with van der Waals surface area (Å²) in [5.41, 5.74) is 5.83. The van der Waals surface area contributed by atoms with Gasteiger partial charge in [0.1, 0.15) is 0 Å². The number of allylic oxidation sites excluding steroid dienone is 2. The van der Waals surface area contributed by atoms with Crippen LogP contribution in [0.1, 0.15) is 18.4 Å². The van der Waals surface area contributed by atoms with Gasteiger partial charge in [-0.2, -0.15) is 0 Å². The summed E-state index contributed by atoms with van der Waals surface area (Å²) >= 11 is 0. The fourth-order valence-electron chi connectivity index (χ4n) is 3.70. The molecular formula is C18H20N2O4. The van der Waals surface area contributed by atoms with E-state index in [9.17, 15) is 19.5 Å². The molecule has 0 aromatic heterocycles. The number of carbonyl (C=O) groups is 3. The maximum absolute atomic E-state index is 12.3. The first-order chi connectivity index (χ1) is 11.6. The summed E-state index contributed by atoms with van der Waals surface area (Å²) in [6.45, 7) is 0. The number of fused-ring (bicyclic) bond motifs is 2. The van der Waals surface area contributed by atoms with Crippen molar-refractivity contribution >= 4 is 17.8 Å². The van der Waals surface area contributed by atoms with E-state index in [1.54, 1.807) is 0 Å². The number of amides is 2. The molecule has 1 saturated carbocycles. The van der Waals surface area contributed by atoms with Gasteiger partial charge in [0.05, 0.1) is 11.8 Å². The van der Waals surface area contributed by atoms with Crippen molar-refractivity contribution < 1.29 is 19.5 Å². The van der Waals surface area contributed by atoms with E-state index in [2.05, 4.69) is 10.9 Å². The maximum atomic E-state index is 12.3. The first kappa shape index (κ1) is 16.2. The molecule has 2 bridgehead atoms. The van der Waals surface area contributed by atoms with Crippen LogP contribution in [0, 0.1) is 23.7 Å². The monoisotopic (exact) mass is 328 g/mol. The molecule has 6 heteroatoms. The van der Waals surface area contributed by atoms with Gasteiger partial charge in [-0.25, -0.2) is 0 Å². The van der Waals surface area contributed by atoms with E-state index in [0.717, 1.165) is 5.56 Å². The van der Waals surface area contributed by atoms with Crippen LogP contribution in [0.2, 0.25) is 0 Å². The minimum absolute atomic E-state index is 0.0580. The van der Waals surface area contributed by atoms with Crippen molar-refractivity contribution in [1.29, 1.82) is 0 Å². The number of benzene rings is 1. The van der Waals surface area contributed by atoms with Crippen LogP contribution < -0.4 is 10.9 Å². The lowest BCUT2D eigenvalue weighted by atomic mass is 9.82. The van der Waals surface area contributed by atoms with Crippen LogP contribution >= 0.6 is 0 Å². The lowest BCUT2D eigenvalue weighted by Gasteiger charge is -2.23. The first-order valence-corrected chi connectivity index (χ1v) is 8.10. The van der Waals surface area contributed by atoms with Crippen molar-refractivity contribution in [2.45, 2.75) is 19.3 Å². The Morgan fingerprint density at radius 2 is 1.67 bits per heavy atom. The molecule has 126 valence electrons. The zero-order valence-electron chi connectivity index (χ0n) is 13.1. The molecule has 0 saturated heterocycles. The summed E-state index contributed by atoms with van der Waals surface area (Å²) in [4.78, 5) is 35.6. The van der Waals surface area contributed by atoms with Gasteiger partial charge in [0.25, 0.3) is 0 Å². The normalized spacial score (nSPS) is 27.0. The Morgan fingerprint density at radius 3 is 2.33 bits per heavy atom. The van der Waals surface area contributed by atoms with Crippen LogP contribution in [0.25, 0.3) is 0 Å². The van der Waals surface area contributed by atoms with Crippen molar-refractivity contribution in [3.63, 3.8) is 0 Å². The molecule has 2 aliphatic rings. The summed E-state index contributed by atoms with van der Waals surface area (Å²) in [7, 11) is 0. The molecule has 1 aromatic carbocycles. The number of aliphatic carboxylic acids is 1. The largest absolute Gasteiger partial charge is 0.481 e. The number of aryl methyl sites for hydroxylation is 1. The molecule has 0 aliphatic heterocycles. The highest BCUT2D eigenvalue weighted by Gasteiger charge is 2.51. The third-order valence-corrected chi connectivity index (χ3v) is 4.86. The van der Waals surface area contributed by atoms with Crippen molar-refractivity contribution in [2.24, 2.45) is 23.7 Å². The fraction of sp³-hybridized carbons (Fsp3) is 0.389. The lowest BCUT2D eigenvalue weighted by Crippen LogP contribution is -2.48. The standard InChI is InChI=1S/C18H20N2O4/c21-14(9-6-11-4-2-1-3-5-11)19-20-17(22)15-12-7-8-13(10-12)16(15)18(23)24/h1-5,7-8,12-13,15-16H,6,9-10H2,(H,19,21)(H,20,22)(H,23,24)/t12-,13-,15+,16+/m0/s1. The Labute approximate surface area is 139 Å². The van der Waals surface area contributed by atoms with E-state index in [1.807, 2.05) is 42.5 Å². The van der Waals surface area contributed by atoms with Gasteiger partial charge in [0.2, 0.25) is 11.8 Å². The van der Waals surface area contributed by atoms with Crippen LogP contribution in [-0.2, 0) is 20.8 Å². The number of carboxylic acid groups (broad SMARTS) is 1. The molecular weight excluding hydrogens is 308 g/mol. The van der Waals surface area contributed by atoms with Gasteiger partial charge in [-0.15, -0.1) is 0 Å². The SMILES string of the molecule is O=C(CCc1ccccc1)NNC(=O)[C@H]1[C@H](C(=O)O)[C@H]2C=C[C@H]1C2. The van der Waals surface area contributed by atoms with Gasteiger partial charge in [-0.1, -0.05) is 42.5 Å². The maximum Gasteiger partial charge on any atom is 0.307 e. The van der Waals surface area contributed by atoms with Gasteiger partial charge >= 0.3 is 5.97 Å². The second-order valence-electron chi connectivity index (χ2n) is 6.36. The number of carbonyl (C=O) groups excluding carboxylic acids is 2. The first-order valence-electron chi connectivity index (χ1n) is 8.10. The van der Waals surface area contributed by atoms with E-state index < -0.39 is 23.7 Å². The molecule has 1 fully saturated rings. The number of hydrogen-bond acceptors (Lipinski definition) is 3. The third-order valence-electron chi connectivity index (χ3n) is 4.86. The number of rotatable bonds is 5. The van der Waals surface area contributed by atoms with Crippen LogP contribution in [-0.4, -0.2) is 22.9 Å². The second-order valence-corrected chi connectivity index (χ2v) is 6.36. The molecule has 0 spiro atoms. The lowest BCUT2D eigenvalue weighted by molar-refractivity contribution is -0.148. The molecule has 4 atom stereocenters. The fourth-order valence-corrected chi connectivity index (χ4v) is 3.70. The highest BCUT2D eigenvalue weighted by atomic mass is 16.4. The van der Waals surface area contributed by atoms with Crippen molar-refractivity contribution in [2.75, 3.05) is 0 Å². The smallest absolute Gasteiger partial charge is 0.307 e. The van der Waals surface area contributed by atoms with Gasteiger partial charge in [0.15, 0.2) is 0 Å². The minimum atomic E-state index is -0.956. The van der Waals surface area contributed by atoms with E-state index in [4.69, 9.17) is 0 Å². The summed E-state index contributed by atoms with van der Waals surface area (Å²) in [5.74, 6) is -3.14. The topological polar surface area (TPSA) is 95.5 Å². The summed E-state index contributed by atoms with van der Waals surface area (Å²) < 4.78 is 0. The molecule has 0 heterocycles. The predicted octanol–water partition coefficient (Wildman–Crippen LogP) is 1.29. The minimum Gasteiger partial charge on any atom is -0.481 e. The zero-order chi connectivity index (χ0) is 17.1. The van der Waals surface area contributed by atoms with Gasteiger partial charge in [-0.05, 0) is 30.2 Å². The quantitative estimate of drug-likeness (QED) is 0.560. The summed E-state index contributed by atoms with van der Waals surface area (Å²) in [6, 6.07) is 9.59. The van der Waals surface area contributed by atoms with Crippen LogP contribution in [0.4, 0.5) is 0 Å². The number of hydrazine groups is 1. The average molecular weight is 328 g/mol. The van der Waals surface area contributed by atoms with Crippen molar-refractivity contribution in [1.82, 2.24) is 10.9 Å². The van der Waals surface area contributed by atoms with Crippen molar-refractivity contribution in [3.8, 4) is 0 Å². The molecule has 1 aromatic rings. The van der Waals surface area contributed by atoms with Crippen LogP contribution in [0.5, 0.6) is 0 Å². The Bertz CT molecular complexity index is 671. The molecule has 6 nitrogen and oxygen atoms in total. The molecule has 2 aliphatic carbocycles. The van der Waals surface area contributed by atoms with E-state index >= 15 is 0 Å². The Hall–Kier alpha value is -2.63. The molecule has 0 unspecified atom stereocenters. The Balaban J connectivity index is 1.49. The molecule has 3 rings (SSSR count). The van der Waals surface area contributed by atoms with Gasteiger partial charge in [0, 0.05) is 6.42 Å². The Morgan fingerprint density at radius 1 is 1.00 bits per heavy atom. The van der Waals surface area contributed by atoms with Gasteiger partial charge < -0.3 is 5.11 Å². The molecule has 24 heavy (non-hydrogen) atoms. The van der Waals surface area contributed by atoms with Crippen LogP contribution in [0.3, 0.4) is 0 Å². The number of nitrogens with one attached hydrogen (secondary N) is 2. The number of carboxylic acids is 1. The summed E-state index contributed by atoms with van der Waals surface area (Å²) in [5, 5.41) is 9.34. The van der Waals surface area contributed by atoms with Crippen molar-refractivity contribution in [3.05, 3.63) is 48.0 Å². The zero-order valence-corrected chi connectivity index (χ0v) is 13.1. The molecule has 0 radical (unpaired) electrons. The second kappa shape index (κ2) is 6.86. The Kier molecular flexibility index (Phi) is 4.64. The average Bonchev–Trinajstić information content (AvgIpc) is 3.20.